The van der Waals surface area contributed by atoms with Crippen molar-refractivity contribution in [1.82, 2.24) is 35.1 Å². The molecule has 10 heteroatoms. The van der Waals surface area contributed by atoms with Crippen molar-refractivity contribution in [3.8, 4) is 33.9 Å². The summed E-state index contributed by atoms with van der Waals surface area (Å²) in [5, 5.41) is 21.7. The molecule has 0 aliphatic heterocycles. The van der Waals surface area contributed by atoms with Gasteiger partial charge in [0.15, 0.2) is 11.5 Å². The fourth-order valence-electron chi connectivity index (χ4n) is 4.50. The van der Waals surface area contributed by atoms with Crippen molar-refractivity contribution in [2.45, 2.75) is 32.4 Å². The molecule has 0 aliphatic rings. The number of pyridine rings is 3. The molecule has 190 valence electrons. The molecule has 5 heterocycles. The van der Waals surface area contributed by atoms with Crippen molar-refractivity contribution in [2.24, 2.45) is 0 Å². The van der Waals surface area contributed by atoms with E-state index < -0.39 is 6.23 Å². The second kappa shape index (κ2) is 9.98. The number of H-pyrrole nitrogens is 2. The Hall–Kier alpha value is -4.70. The van der Waals surface area contributed by atoms with E-state index in [0.717, 1.165) is 40.4 Å². The van der Waals surface area contributed by atoms with Gasteiger partial charge in [0, 0.05) is 28.9 Å². The molecule has 38 heavy (non-hydrogen) atoms. The van der Waals surface area contributed by atoms with Crippen LogP contribution in [-0.2, 0) is 0 Å². The van der Waals surface area contributed by atoms with Crippen LogP contribution in [0.3, 0.4) is 0 Å². The van der Waals surface area contributed by atoms with Crippen molar-refractivity contribution in [1.29, 1.82) is 0 Å². The number of aliphatic hydroxyl groups is 1. The van der Waals surface area contributed by atoms with E-state index in [1.54, 1.807) is 30.9 Å². The number of aromatic amines is 2. The third kappa shape index (κ3) is 4.57. The quantitative estimate of drug-likeness (QED) is 0.195. The molecule has 1 unspecified atom stereocenters. The third-order valence-corrected chi connectivity index (χ3v) is 6.40. The van der Waals surface area contributed by atoms with Crippen molar-refractivity contribution in [2.75, 3.05) is 5.32 Å². The average molecular weight is 509 g/mol. The van der Waals surface area contributed by atoms with Crippen molar-refractivity contribution < 1.29 is 9.50 Å². The van der Waals surface area contributed by atoms with Gasteiger partial charge in [-0.25, -0.2) is 14.4 Å². The highest BCUT2D eigenvalue weighted by atomic mass is 19.1. The second-order valence-corrected chi connectivity index (χ2v) is 9.10. The Kier molecular flexibility index (Phi) is 6.22. The van der Waals surface area contributed by atoms with Crippen LogP contribution in [0, 0.1) is 5.82 Å². The van der Waals surface area contributed by atoms with Crippen LogP contribution < -0.4 is 5.32 Å². The number of hydrogen-bond acceptors (Lipinski definition) is 7. The van der Waals surface area contributed by atoms with Crippen LogP contribution in [0.4, 0.5) is 10.1 Å². The van der Waals surface area contributed by atoms with Crippen LogP contribution in [-0.4, -0.2) is 46.5 Å². The predicted molar refractivity (Wildman–Crippen MR) is 145 cm³/mol. The maximum Gasteiger partial charge on any atom is 0.178 e. The normalized spacial score (nSPS) is 12.3. The van der Waals surface area contributed by atoms with E-state index in [0.29, 0.717) is 40.5 Å². The molecule has 6 aromatic rings. The van der Waals surface area contributed by atoms with Crippen LogP contribution in [0.2, 0.25) is 0 Å². The summed E-state index contributed by atoms with van der Waals surface area (Å²) in [4.78, 5) is 21.3. The molecule has 0 bridgehead atoms. The van der Waals surface area contributed by atoms with E-state index in [-0.39, 0.29) is 5.82 Å². The highest BCUT2D eigenvalue weighted by Gasteiger charge is 2.17. The zero-order chi connectivity index (χ0) is 26.1. The predicted octanol–water partition coefficient (Wildman–Crippen LogP) is 5.68. The summed E-state index contributed by atoms with van der Waals surface area (Å²) in [6.45, 7) is 2.09. The number of halogens is 1. The van der Waals surface area contributed by atoms with E-state index >= 15 is 0 Å². The van der Waals surface area contributed by atoms with Gasteiger partial charge in [-0.1, -0.05) is 25.5 Å². The van der Waals surface area contributed by atoms with Gasteiger partial charge in [-0.15, -0.1) is 0 Å². The Balaban J connectivity index is 1.37. The molecule has 1 aromatic carbocycles. The highest BCUT2D eigenvalue weighted by molar-refractivity contribution is 5.96. The fraction of sp³-hybridized carbons (Fsp3) is 0.179. The molecular formula is C28H25FN8O. The molecule has 6 rings (SSSR count). The number of fused-ring (bicyclic) bond motifs is 2. The number of benzene rings is 1. The van der Waals surface area contributed by atoms with Crippen LogP contribution in [0.25, 0.3) is 56.0 Å². The lowest BCUT2D eigenvalue weighted by atomic mass is 10.1. The van der Waals surface area contributed by atoms with Gasteiger partial charge in [-0.2, -0.15) is 5.10 Å². The number of hydrogen-bond donors (Lipinski definition) is 4. The minimum absolute atomic E-state index is 0.310. The number of imidazole rings is 1. The Morgan fingerprint density at radius 1 is 1.05 bits per heavy atom. The Morgan fingerprint density at radius 3 is 2.84 bits per heavy atom. The number of nitrogens with zero attached hydrogens (tertiary/aromatic N) is 5. The van der Waals surface area contributed by atoms with Gasteiger partial charge >= 0.3 is 0 Å². The summed E-state index contributed by atoms with van der Waals surface area (Å²) >= 11 is 0. The zero-order valence-corrected chi connectivity index (χ0v) is 20.6. The van der Waals surface area contributed by atoms with Crippen molar-refractivity contribution >= 4 is 27.8 Å². The first-order valence-electron chi connectivity index (χ1n) is 12.4. The smallest absolute Gasteiger partial charge is 0.178 e. The van der Waals surface area contributed by atoms with Gasteiger partial charge in [0.05, 0.1) is 34.8 Å². The van der Waals surface area contributed by atoms with Gasteiger partial charge in [0.2, 0.25) is 0 Å². The molecule has 0 fully saturated rings. The number of nitrogens with one attached hydrogen (secondary N) is 3. The lowest BCUT2D eigenvalue weighted by Crippen LogP contribution is -2.18. The van der Waals surface area contributed by atoms with Crippen molar-refractivity contribution in [3.05, 3.63) is 73.1 Å². The summed E-state index contributed by atoms with van der Waals surface area (Å²) < 4.78 is 13.9. The van der Waals surface area contributed by atoms with E-state index in [1.165, 1.54) is 12.1 Å². The Labute approximate surface area is 217 Å². The van der Waals surface area contributed by atoms with Gasteiger partial charge in [-0.3, -0.25) is 15.1 Å². The third-order valence-electron chi connectivity index (χ3n) is 6.40. The molecule has 9 nitrogen and oxygen atoms in total. The summed E-state index contributed by atoms with van der Waals surface area (Å²) in [7, 11) is 0. The lowest BCUT2D eigenvalue weighted by molar-refractivity contribution is 0.190. The highest BCUT2D eigenvalue weighted by Crippen LogP contribution is 2.32. The first-order valence-corrected chi connectivity index (χ1v) is 12.4. The van der Waals surface area contributed by atoms with Crippen LogP contribution >= 0.6 is 0 Å². The Morgan fingerprint density at radius 2 is 1.97 bits per heavy atom. The SMILES string of the molecule is CCCCC(O)Nc1cncc(-c2cc3c(-c4nc5nccc(-c6cccc(F)c6)c5[nH]4)n[nH]c3cn2)c1. The van der Waals surface area contributed by atoms with Crippen molar-refractivity contribution in [3.63, 3.8) is 0 Å². The molecule has 0 aliphatic carbocycles. The van der Waals surface area contributed by atoms with Crippen LogP contribution in [0.1, 0.15) is 26.2 Å². The van der Waals surface area contributed by atoms with Gasteiger partial charge in [0.1, 0.15) is 17.7 Å². The number of aliphatic hydroxyl groups excluding tert-OH is 1. The summed E-state index contributed by atoms with van der Waals surface area (Å²) in [5.74, 6) is 0.224. The fourth-order valence-corrected chi connectivity index (χ4v) is 4.50. The van der Waals surface area contributed by atoms with Gasteiger partial charge < -0.3 is 15.4 Å². The molecular weight excluding hydrogens is 483 g/mol. The monoisotopic (exact) mass is 508 g/mol. The van der Waals surface area contributed by atoms with Crippen LogP contribution in [0.5, 0.6) is 0 Å². The van der Waals surface area contributed by atoms with E-state index in [2.05, 4.69) is 47.4 Å². The summed E-state index contributed by atoms with van der Waals surface area (Å²) in [5.41, 5.74) is 6.32. The molecule has 0 radical (unpaired) electrons. The van der Waals surface area contributed by atoms with Crippen LogP contribution in [0.15, 0.2) is 67.3 Å². The largest absolute Gasteiger partial charge is 0.374 e. The number of rotatable bonds is 8. The van der Waals surface area contributed by atoms with E-state index in [9.17, 15) is 9.50 Å². The maximum atomic E-state index is 13.9. The maximum absolute atomic E-state index is 13.9. The van der Waals surface area contributed by atoms with Gasteiger partial charge in [0.25, 0.3) is 0 Å². The number of anilines is 1. The summed E-state index contributed by atoms with van der Waals surface area (Å²) in [6.07, 6.45) is 8.76. The average Bonchev–Trinajstić information content (AvgIpc) is 3.55. The minimum Gasteiger partial charge on any atom is -0.374 e. The molecule has 0 spiro atoms. The molecule has 0 saturated heterocycles. The molecule has 0 amide bonds. The van der Waals surface area contributed by atoms with Gasteiger partial charge in [-0.05, 0) is 48.7 Å². The minimum atomic E-state index is -0.637. The Bertz CT molecular complexity index is 1740. The number of aromatic nitrogens is 7. The molecule has 0 saturated carbocycles. The topological polar surface area (TPSA) is 128 Å². The molecule has 1 atom stereocenters. The van der Waals surface area contributed by atoms with E-state index in [4.69, 9.17) is 0 Å². The van der Waals surface area contributed by atoms with E-state index in [1.807, 2.05) is 24.3 Å². The first kappa shape index (κ1) is 23.7. The molecule has 4 N–H and O–H groups in total. The lowest BCUT2D eigenvalue weighted by Gasteiger charge is -2.14. The first-order chi connectivity index (χ1) is 18.6. The zero-order valence-electron chi connectivity index (χ0n) is 20.6. The number of unbranched alkanes of at least 4 members (excludes halogenated alkanes) is 1. The standard InChI is InChI=1S/C28H25FN8O/c1-2-3-7-24(38)33-19-11-17(13-30-14-19)22-12-21-23(15-32-22)36-37-26(21)28-34-25-20(8-9-31-27(25)35-28)16-5-4-6-18(29)10-16/h4-6,8-15,24,33,38H,2-3,7H2,1H3,(H,36,37)(H,31,34,35). The second-order valence-electron chi connectivity index (χ2n) is 9.10. The molecule has 5 aromatic heterocycles. The summed E-state index contributed by atoms with van der Waals surface area (Å²) in [6, 6.07) is 12.1.